The summed E-state index contributed by atoms with van der Waals surface area (Å²) in [6, 6.07) is 5.42. The number of benzene rings is 1. The molecule has 0 aliphatic heterocycles. The lowest BCUT2D eigenvalue weighted by Gasteiger charge is -2.19. The summed E-state index contributed by atoms with van der Waals surface area (Å²) in [5.41, 5.74) is -0.570. The number of hydrogen-bond donors (Lipinski definition) is 0. The lowest BCUT2D eigenvalue weighted by atomic mass is 10.2. The van der Waals surface area contributed by atoms with Gasteiger partial charge in [-0.2, -0.15) is 31.5 Å². The van der Waals surface area contributed by atoms with E-state index >= 15 is 0 Å². The molecule has 0 radical (unpaired) electrons. The van der Waals surface area contributed by atoms with Gasteiger partial charge in [-0.1, -0.05) is 24.3 Å². The van der Waals surface area contributed by atoms with E-state index in [1.165, 1.54) is 0 Å². The Labute approximate surface area is 77.0 Å². The molecule has 4 heteroatoms. The molecule has 0 unspecified atom stereocenters. The number of alkyl halides is 3. The smallest absolute Gasteiger partial charge is 0.292 e. The normalized spacial score (nSPS) is 11.5. The van der Waals surface area contributed by atoms with Crippen molar-refractivity contribution in [1.82, 2.24) is 0 Å². The zero-order valence-corrected chi connectivity index (χ0v) is 8.44. The van der Waals surface area contributed by atoms with Gasteiger partial charge in [-0.25, -0.2) is 0 Å². The fraction of sp³-hybridized carbons (Fsp3) is 0.333. The molecule has 72 valence electrons. The minimum absolute atomic E-state index is 0.570. The maximum Gasteiger partial charge on any atom is 0.416 e. The highest BCUT2D eigenvalue weighted by Gasteiger charge is 2.29. The van der Waals surface area contributed by atoms with Crippen molar-refractivity contribution >= 4 is 14.0 Å². The molecule has 0 saturated heterocycles. The Morgan fingerprint density at radius 2 is 1.46 bits per heavy atom. The van der Waals surface area contributed by atoms with Crippen LogP contribution in [0, 0.1) is 0 Å². The van der Waals surface area contributed by atoms with Crippen molar-refractivity contribution in [1.29, 1.82) is 0 Å². The second-order valence-corrected chi connectivity index (χ2v) is 5.65. The van der Waals surface area contributed by atoms with Crippen molar-refractivity contribution in [3.05, 3.63) is 29.8 Å². The van der Waals surface area contributed by atoms with Crippen LogP contribution in [0.1, 0.15) is 5.56 Å². The Kier molecular flexibility index (Phi) is 2.80. The molecule has 0 fully saturated rings. The molecule has 0 N–H and O–H groups in total. The van der Waals surface area contributed by atoms with Crippen molar-refractivity contribution in [2.75, 3.05) is 0 Å². The van der Waals surface area contributed by atoms with E-state index in [1.54, 1.807) is 12.1 Å². The Morgan fingerprint density at radius 1 is 1.00 bits per heavy atom. The molecule has 0 aliphatic carbocycles. The van der Waals surface area contributed by atoms with Crippen LogP contribution >= 0.6 is 0 Å². The Bertz CT molecular complexity index is 274. The Morgan fingerprint density at radius 3 is 1.77 bits per heavy atom. The van der Waals surface area contributed by atoms with Crippen molar-refractivity contribution < 1.29 is 13.2 Å². The highest BCUT2D eigenvalue weighted by Crippen LogP contribution is 2.28. The van der Waals surface area contributed by atoms with Crippen LogP contribution in [0.4, 0.5) is 13.2 Å². The zero-order valence-electron chi connectivity index (χ0n) is 7.44. The van der Waals surface area contributed by atoms with Crippen molar-refractivity contribution in [3.8, 4) is 0 Å². The summed E-state index contributed by atoms with van der Waals surface area (Å²) in [5.74, 6) is 0. The molecule has 0 bridgehead atoms. The molecule has 13 heavy (non-hydrogen) atoms. The van der Waals surface area contributed by atoms with Crippen molar-refractivity contribution in [3.63, 3.8) is 0 Å². The predicted molar refractivity (Wildman–Crippen MR) is 48.6 cm³/mol. The van der Waals surface area contributed by atoms with E-state index in [4.69, 9.17) is 0 Å². The van der Waals surface area contributed by atoms with Crippen LogP contribution in [0.3, 0.4) is 0 Å². The van der Waals surface area contributed by atoms with Crippen LogP contribution in [-0.2, 0) is 6.18 Å². The number of rotatable bonds is 1. The number of hydrogen-bond acceptors (Lipinski definition) is 0. The Hall–Kier alpha value is -0.773. The lowest BCUT2D eigenvalue weighted by Crippen LogP contribution is -2.22. The standard InChI is InChI=1S/C9H10F3Si/c1-13(2)8-5-3-7(4-6-8)9(10,11)12/h3-6H,1-2H3/q-1. The van der Waals surface area contributed by atoms with Crippen molar-refractivity contribution in [2.45, 2.75) is 19.3 Å². The first-order valence-corrected chi connectivity index (χ1v) is 6.39. The molecule has 0 atom stereocenters. The first-order valence-electron chi connectivity index (χ1n) is 3.89. The summed E-state index contributed by atoms with van der Waals surface area (Å²) in [6.45, 7) is 4.10. The third-order valence-electron chi connectivity index (χ3n) is 1.79. The maximum absolute atomic E-state index is 12.1. The van der Waals surface area contributed by atoms with E-state index in [0.29, 0.717) is 0 Å². The molecular formula is C9H10F3Si-. The molecule has 0 aliphatic rings. The third-order valence-corrected chi connectivity index (χ3v) is 3.28. The van der Waals surface area contributed by atoms with E-state index in [1.807, 2.05) is 13.1 Å². The second kappa shape index (κ2) is 3.53. The van der Waals surface area contributed by atoms with Gasteiger partial charge in [0.15, 0.2) is 0 Å². The van der Waals surface area contributed by atoms with Gasteiger partial charge in [0.05, 0.1) is 5.56 Å². The summed E-state index contributed by atoms with van der Waals surface area (Å²) < 4.78 is 36.4. The average molecular weight is 203 g/mol. The SMILES string of the molecule is C[Si-](C)c1ccc(C(F)(F)F)cc1. The summed E-state index contributed by atoms with van der Waals surface area (Å²) in [7, 11) is -0.641. The second-order valence-electron chi connectivity index (χ2n) is 3.08. The van der Waals surface area contributed by atoms with E-state index in [0.717, 1.165) is 17.3 Å². The van der Waals surface area contributed by atoms with Gasteiger partial charge in [-0.15, -0.1) is 0 Å². The minimum Gasteiger partial charge on any atom is -0.292 e. The molecule has 0 spiro atoms. The summed E-state index contributed by atoms with van der Waals surface area (Å²) in [5, 5.41) is 1.03. The van der Waals surface area contributed by atoms with Gasteiger partial charge in [-0.05, 0) is 0 Å². The average Bonchev–Trinajstić information content (AvgIpc) is 2.03. The van der Waals surface area contributed by atoms with Crippen molar-refractivity contribution in [2.24, 2.45) is 0 Å². The lowest BCUT2D eigenvalue weighted by molar-refractivity contribution is -0.137. The molecule has 0 heterocycles. The summed E-state index contributed by atoms with van der Waals surface area (Å²) in [4.78, 5) is 0. The molecule has 1 aromatic carbocycles. The topological polar surface area (TPSA) is 0 Å². The molecule has 0 amide bonds. The van der Waals surface area contributed by atoms with Crippen LogP contribution in [0.15, 0.2) is 24.3 Å². The van der Waals surface area contributed by atoms with Crippen LogP contribution < -0.4 is 5.19 Å². The van der Waals surface area contributed by atoms with E-state index in [-0.39, 0.29) is 0 Å². The van der Waals surface area contributed by atoms with E-state index in [2.05, 4.69) is 0 Å². The third kappa shape index (κ3) is 2.59. The van der Waals surface area contributed by atoms with Crippen LogP contribution in [0.25, 0.3) is 0 Å². The van der Waals surface area contributed by atoms with E-state index < -0.39 is 20.5 Å². The van der Waals surface area contributed by atoms with E-state index in [9.17, 15) is 13.2 Å². The maximum atomic E-state index is 12.1. The number of halogens is 3. The largest absolute Gasteiger partial charge is 0.416 e. The van der Waals surface area contributed by atoms with Gasteiger partial charge in [-0.3, -0.25) is 8.80 Å². The first-order chi connectivity index (χ1) is 5.91. The van der Waals surface area contributed by atoms with Gasteiger partial charge < -0.3 is 0 Å². The minimum atomic E-state index is -4.22. The monoisotopic (exact) mass is 203 g/mol. The van der Waals surface area contributed by atoms with Gasteiger partial charge in [0, 0.05) is 0 Å². The molecular weight excluding hydrogens is 193 g/mol. The molecule has 0 nitrogen and oxygen atoms in total. The summed E-state index contributed by atoms with van der Waals surface area (Å²) in [6.07, 6.45) is -4.22. The molecule has 0 aromatic heterocycles. The highest BCUT2D eigenvalue weighted by molar-refractivity contribution is 6.70. The fourth-order valence-electron chi connectivity index (χ4n) is 0.993. The van der Waals surface area contributed by atoms with Gasteiger partial charge in [0.25, 0.3) is 0 Å². The molecule has 0 saturated carbocycles. The van der Waals surface area contributed by atoms with Gasteiger partial charge in [0.1, 0.15) is 0 Å². The van der Waals surface area contributed by atoms with Crippen LogP contribution in [0.5, 0.6) is 0 Å². The Balaban J connectivity index is 2.94. The summed E-state index contributed by atoms with van der Waals surface area (Å²) >= 11 is 0. The van der Waals surface area contributed by atoms with Crippen LogP contribution in [0.2, 0.25) is 13.1 Å². The fourth-order valence-corrected chi connectivity index (χ4v) is 1.83. The van der Waals surface area contributed by atoms with Crippen LogP contribution in [-0.4, -0.2) is 8.80 Å². The quantitative estimate of drug-likeness (QED) is 0.615. The first kappa shape index (κ1) is 10.3. The molecule has 1 rings (SSSR count). The highest BCUT2D eigenvalue weighted by atomic mass is 28.3. The van der Waals surface area contributed by atoms with Gasteiger partial charge in [0.2, 0.25) is 0 Å². The predicted octanol–water partition coefficient (Wildman–Crippen LogP) is 2.67. The van der Waals surface area contributed by atoms with Gasteiger partial charge >= 0.3 is 6.18 Å². The zero-order chi connectivity index (χ0) is 10.1. The molecule has 1 aromatic rings.